The van der Waals surface area contributed by atoms with Crippen molar-refractivity contribution in [2.24, 2.45) is 0 Å². The number of carboxylic acids is 1. The minimum absolute atomic E-state index is 0.116. The lowest BCUT2D eigenvalue weighted by Gasteiger charge is -2.11. The van der Waals surface area contributed by atoms with E-state index >= 15 is 0 Å². The third-order valence-electron chi connectivity index (χ3n) is 3.50. The van der Waals surface area contributed by atoms with Crippen LogP contribution in [0.15, 0.2) is 54.9 Å². The lowest BCUT2D eigenvalue weighted by atomic mass is 10.0. The van der Waals surface area contributed by atoms with Gasteiger partial charge >= 0.3 is 5.97 Å². The number of nitrogens with two attached hydrogens (primary N) is 1. The number of hydrogen-bond acceptors (Lipinski definition) is 5. The summed E-state index contributed by atoms with van der Waals surface area (Å²) in [5, 5.41) is 8.76. The summed E-state index contributed by atoms with van der Waals surface area (Å²) in [6.45, 7) is -0.472. The Morgan fingerprint density at radius 3 is 2.48 bits per heavy atom. The molecule has 0 aliphatic rings. The summed E-state index contributed by atoms with van der Waals surface area (Å²) in [6, 6.07) is 11.5. The number of nitrogen functional groups attached to an aromatic ring is 1. The summed E-state index contributed by atoms with van der Waals surface area (Å²) in [5.74, 6) is -1.06. The minimum Gasteiger partial charge on any atom is -0.481 e. The molecule has 3 rings (SSSR count). The Morgan fingerprint density at radius 2 is 1.80 bits per heavy atom. The Balaban J connectivity index is 1.96. The van der Waals surface area contributed by atoms with E-state index < -0.39 is 18.4 Å². The molecular formula is C18H14FN3O3. The molecule has 0 bridgehead atoms. The SMILES string of the molecule is Nc1ncc(-c2ccc(-c3ccccc3OCC(=O)O)cc2F)cn1. The van der Waals surface area contributed by atoms with Crippen LogP contribution in [0.4, 0.5) is 10.3 Å². The highest BCUT2D eigenvalue weighted by atomic mass is 19.1. The number of anilines is 1. The Labute approximate surface area is 142 Å². The molecule has 0 saturated heterocycles. The first-order valence-electron chi connectivity index (χ1n) is 7.36. The number of carbonyl (C=O) groups is 1. The molecule has 0 aliphatic heterocycles. The number of aromatic nitrogens is 2. The number of carboxylic acid groups (broad SMARTS) is 1. The number of nitrogens with zero attached hydrogens (tertiary/aromatic N) is 2. The van der Waals surface area contributed by atoms with Crippen LogP contribution in [0, 0.1) is 5.82 Å². The first kappa shape index (κ1) is 16.4. The van der Waals surface area contributed by atoms with E-state index in [1.807, 2.05) is 0 Å². The van der Waals surface area contributed by atoms with Gasteiger partial charge in [0.25, 0.3) is 0 Å². The number of ether oxygens (including phenoxy) is 1. The maximum Gasteiger partial charge on any atom is 0.341 e. The number of benzene rings is 2. The molecule has 2 aromatic carbocycles. The van der Waals surface area contributed by atoms with Gasteiger partial charge in [-0.15, -0.1) is 0 Å². The largest absolute Gasteiger partial charge is 0.481 e. The average molecular weight is 339 g/mol. The maximum absolute atomic E-state index is 14.5. The number of aliphatic carboxylic acids is 1. The van der Waals surface area contributed by atoms with Crippen molar-refractivity contribution in [3.05, 3.63) is 60.7 Å². The molecule has 1 aromatic heterocycles. The van der Waals surface area contributed by atoms with Crippen LogP contribution >= 0.6 is 0 Å². The van der Waals surface area contributed by atoms with Crippen molar-refractivity contribution in [3.8, 4) is 28.0 Å². The van der Waals surface area contributed by atoms with Gasteiger partial charge in [0.05, 0.1) is 0 Å². The second-order valence-electron chi connectivity index (χ2n) is 5.20. The number of rotatable bonds is 5. The molecule has 0 atom stereocenters. The van der Waals surface area contributed by atoms with Crippen molar-refractivity contribution >= 4 is 11.9 Å². The second-order valence-corrected chi connectivity index (χ2v) is 5.20. The van der Waals surface area contributed by atoms with Crippen molar-refractivity contribution in [2.75, 3.05) is 12.3 Å². The molecule has 0 saturated carbocycles. The van der Waals surface area contributed by atoms with Gasteiger partial charge in [-0.3, -0.25) is 0 Å². The number of halogens is 1. The first-order chi connectivity index (χ1) is 12.0. The monoisotopic (exact) mass is 339 g/mol. The lowest BCUT2D eigenvalue weighted by molar-refractivity contribution is -0.139. The number of hydrogen-bond donors (Lipinski definition) is 2. The van der Waals surface area contributed by atoms with Crippen molar-refractivity contribution in [2.45, 2.75) is 0 Å². The minimum atomic E-state index is -1.08. The Kier molecular flexibility index (Phi) is 4.56. The Hall–Kier alpha value is -3.48. The summed E-state index contributed by atoms with van der Waals surface area (Å²) in [6.07, 6.45) is 2.90. The average Bonchev–Trinajstić information content (AvgIpc) is 2.61. The normalized spacial score (nSPS) is 10.4. The Bertz CT molecular complexity index is 914. The molecule has 0 spiro atoms. The summed E-state index contributed by atoms with van der Waals surface area (Å²) in [5.41, 5.74) is 7.45. The van der Waals surface area contributed by atoms with E-state index in [9.17, 15) is 9.18 Å². The zero-order valence-electron chi connectivity index (χ0n) is 13.0. The first-order valence-corrected chi connectivity index (χ1v) is 7.36. The highest BCUT2D eigenvalue weighted by molar-refractivity contribution is 5.75. The molecule has 1 heterocycles. The molecular weight excluding hydrogens is 325 g/mol. The quantitative estimate of drug-likeness (QED) is 0.741. The van der Waals surface area contributed by atoms with Crippen LogP contribution < -0.4 is 10.5 Å². The van der Waals surface area contributed by atoms with Gasteiger partial charge in [0.1, 0.15) is 11.6 Å². The van der Waals surface area contributed by atoms with E-state index in [2.05, 4.69) is 9.97 Å². The van der Waals surface area contributed by atoms with Crippen LogP contribution in [-0.2, 0) is 4.79 Å². The molecule has 3 aromatic rings. The van der Waals surface area contributed by atoms with E-state index in [1.165, 1.54) is 18.5 Å². The highest BCUT2D eigenvalue weighted by Crippen LogP contribution is 2.33. The standard InChI is InChI=1S/C18H14FN3O3/c19-15-7-11(5-6-13(15)12-8-21-18(20)22-9-12)14-3-1-2-4-16(14)25-10-17(23)24/h1-9H,10H2,(H,23,24)(H2,20,21,22). The maximum atomic E-state index is 14.5. The van der Waals surface area contributed by atoms with E-state index in [0.717, 1.165) is 0 Å². The van der Waals surface area contributed by atoms with Gasteiger partial charge < -0.3 is 15.6 Å². The Morgan fingerprint density at radius 1 is 1.08 bits per heavy atom. The molecule has 0 aliphatic carbocycles. The van der Waals surface area contributed by atoms with Crippen molar-refractivity contribution in [1.82, 2.24) is 9.97 Å². The molecule has 0 amide bonds. The van der Waals surface area contributed by atoms with Crippen LogP contribution in [0.2, 0.25) is 0 Å². The zero-order chi connectivity index (χ0) is 17.8. The zero-order valence-corrected chi connectivity index (χ0v) is 13.0. The molecule has 0 radical (unpaired) electrons. The van der Waals surface area contributed by atoms with Crippen LogP contribution in [0.25, 0.3) is 22.3 Å². The summed E-state index contributed by atoms with van der Waals surface area (Å²) >= 11 is 0. The second kappa shape index (κ2) is 6.96. The molecule has 25 heavy (non-hydrogen) atoms. The fourth-order valence-electron chi connectivity index (χ4n) is 2.36. The van der Waals surface area contributed by atoms with Crippen molar-refractivity contribution < 1.29 is 19.0 Å². The van der Waals surface area contributed by atoms with Gasteiger partial charge in [0.2, 0.25) is 5.95 Å². The lowest BCUT2D eigenvalue weighted by Crippen LogP contribution is -2.09. The molecule has 0 unspecified atom stereocenters. The van der Waals surface area contributed by atoms with Gasteiger partial charge in [0.15, 0.2) is 6.61 Å². The highest BCUT2D eigenvalue weighted by Gasteiger charge is 2.12. The third kappa shape index (κ3) is 3.72. The molecule has 3 N–H and O–H groups in total. The predicted molar refractivity (Wildman–Crippen MR) is 90.4 cm³/mol. The summed E-state index contributed by atoms with van der Waals surface area (Å²) in [7, 11) is 0. The summed E-state index contributed by atoms with van der Waals surface area (Å²) in [4.78, 5) is 18.4. The van der Waals surface area contributed by atoms with Crippen LogP contribution in [0.1, 0.15) is 0 Å². The molecule has 7 heteroatoms. The predicted octanol–water partition coefficient (Wildman–Crippen LogP) is 3.00. The van der Waals surface area contributed by atoms with Gasteiger partial charge in [0, 0.05) is 29.1 Å². The van der Waals surface area contributed by atoms with Crippen molar-refractivity contribution in [3.63, 3.8) is 0 Å². The van der Waals surface area contributed by atoms with E-state index in [0.29, 0.717) is 28.0 Å². The molecule has 0 fully saturated rings. The van der Waals surface area contributed by atoms with E-state index in [4.69, 9.17) is 15.6 Å². The molecule has 126 valence electrons. The fraction of sp³-hybridized carbons (Fsp3) is 0.0556. The number of para-hydroxylation sites is 1. The van der Waals surface area contributed by atoms with Gasteiger partial charge in [-0.1, -0.05) is 30.3 Å². The van der Waals surface area contributed by atoms with Gasteiger partial charge in [-0.05, 0) is 17.7 Å². The van der Waals surface area contributed by atoms with Gasteiger partial charge in [-0.2, -0.15) is 0 Å². The van der Waals surface area contributed by atoms with Crippen LogP contribution in [0.3, 0.4) is 0 Å². The summed E-state index contributed by atoms with van der Waals surface area (Å²) < 4.78 is 19.8. The third-order valence-corrected chi connectivity index (χ3v) is 3.50. The van der Waals surface area contributed by atoms with E-state index in [1.54, 1.807) is 36.4 Å². The topological polar surface area (TPSA) is 98.3 Å². The smallest absolute Gasteiger partial charge is 0.341 e. The van der Waals surface area contributed by atoms with Crippen LogP contribution in [0.5, 0.6) is 5.75 Å². The van der Waals surface area contributed by atoms with Gasteiger partial charge in [-0.25, -0.2) is 19.2 Å². The van der Waals surface area contributed by atoms with E-state index in [-0.39, 0.29) is 5.95 Å². The van der Waals surface area contributed by atoms with Crippen LogP contribution in [-0.4, -0.2) is 27.7 Å². The van der Waals surface area contributed by atoms with Crippen molar-refractivity contribution in [1.29, 1.82) is 0 Å². The molecule has 6 nitrogen and oxygen atoms in total. The fourth-order valence-corrected chi connectivity index (χ4v) is 2.36.